The lowest BCUT2D eigenvalue weighted by Gasteiger charge is -2.19. The molecule has 0 aliphatic carbocycles. The fourth-order valence-electron chi connectivity index (χ4n) is 4.63. The van der Waals surface area contributed by atoms with Crippen LogP contribution in [0.25, 0.3) is 22.4 Å². The van der Waals surface area contributed by atoms with Crippen molar-refractivity contribution in [1.29, 1.82) is 0 Å². The highest BCUT2D eigenvalue weighted by Gasteiger charge is 2.19. The third-order valence-electron chi connectivity index (χ3n) is 6.72. The normalized spacial score (nSPS) is 14.8. The van der Waals surface area contributed by atoms with E-state index >= 15 is 0 Å². The molecular formula is C26H30N4O3S2. The van der Waals surface area contributed by atoms with Crippen molar-refractivity contribution in [2.75, 3.05) is 31.1 Å². The van der Waals surface area contributed by atoms with Gasteiger partial charge in [-0.2, -0.15) is 0 Å². The van der Waals surface area contributed by atoms with Crippen LogP contribution in [0.4, 0.5) is 0 Å². The number of aromatic nitrogens is 3. The van der Waals surface area contributed by atoms with Gasteiger partial charge in [0.2, 0.25) is 0 Å². The summed E-state index contributed by atoms with van der Waals surface area (Å²) in [6.45, 7) is 4.66. The monoisotopic (exact) mass is 510 g/mol. The summed E-state index contributed by atoms with van der Waals surface area (Å²) >= 11 is 1.72. The zero-order valence-corrected chi connectivity index (χ0v) is 21.7. The van der Waals surface area contributed by atoms with Gasteiger partial charge in [-0.1, -0.05) is 36.9 Å². The van der Waals surface area contributed by atoms with Gasteiger partial charge in [-0.25, -0.2) is 8.42 Å². The first-order chi connectivity index (χ1) is 17.0. The summed E-state index contributed by atoms with van der Waals surface area (Å²) in [4.78, 5) is 2.93. The van der Waals surface area contributed by atoms with Crippen molar-refractivity contribution in [3.63, 3.8) is 0 Å². The molecule has 0 N–H and O–H groups in total. The van der Waals surface area contributed by atoms with Crippen molar-refractivity contribution in [1.82, 2.24) is 19.7 Å². The van der Waals surface area contributed by atoms with Crippen LogP contribution in [0.5, 0.6) is 0 Å². The SMILES string of the molecule is CCS(=O)(=O)c1ccc2c(c1)CCN(CCCSc1nnc(-c3cccc4ccoc34)n1C)CC2. The van der Waals surface area contributed by atoms with E-state index in [-0.39, 0.29) is 5.75 Å². The van der Waals surface area contributed by atoms with Crippen molar-refractivity contribution in [3.8, 4) is 11.4 Å². The molecule has 9 heteroatoms. The summed E-state index contributed by atoms with van der Waals surface area (Å²) in [5, 5.41) is 10.8. The topological polar surface area (TPSA) is 81.2 Å². The first-order valence-electron chi connectivity index (χ1n) is 12.0. The molecule has 0 radical (unpaired) electrons. The summed E-state index contributed by atoms with van der Waals surface area (Å²) in [6.07, 6.45) is 4.60. The minimum Gasteiger partial charge on any atom is -0.464 e. The number of thioether (sulfide) groups is 1. The second-order valence-electron chi connectivity index (χ2n) is 8.89. The van der Waals surface area contributed by atoms with Gasteiger partial charge in [0, 0.05) is 31.3 Å². The molecule has 0 amide bonds. The molecule has 1 aliphatic heterocycles. The molecule has 3 heterocycles. The number of nitrogens with zero attached hydrogens (tertiary/aromatic N) is 4. The number of fused-ring (bicyclic) bond motifs is 2. The Bertz CT molecular complexity index is 1440. The largest absolute Gasteiger partial charge is 0.464 e. The summed E-state index contributed by atoms with van der Waals surface area (Å²) in [5.74, 6) is 1.91. The second kappa shape index (κ2) is 10.2. The van der Waals surface area contributed by atoms with E-state index in [4.69, 9.17) is 4.42 Å². The number of sulfone groups is 1. The number of benzene rings is 2. The van der Waals surface area contributed by atoms with Crippen molar-refractivity contribution in [2.24, 2.45) is 7.05 Å². The van der Waals surface area contributed by atoms with Gasteiger partial charge in [-0.15, -0.1) is 10.2 Å². The molecule has 0 unspecified atom stereocenters. The van der Waals surface area contributed by atoms with Gasteiger partial charge in [0.1, 0.15) is 5.58 Å². The maximum absolute atomic E-state index is 12.3. The molecule has 0 saturated heterocycles. The average molecular weight is 511 g/mol. The van der Waals surface area contributed by atoms with E-state index in [9.17, 15) is 8.42 Å². The Morgan fingerprint density at radius 3 is 2.71 bits per heavy atom. The van der Waals surface area contributed by atoms with E-state index in [1.165, 1.54) is 11.1 Å². The van der Waals surface area contributed by atoms with E-state index in [2.05, 4.69) is 15.1 Å². The van der Waals surface area contributed by atoms with Crippen LogP contribution >= 0.6 is 11.8 Å². The Labute approximate surface area is 210 Å². The molecule has 2 aromatic carbocycles. The minimum atomic E-state index is -3.16. The van der Waals surface area contributed by atoms with E-state index in [1.807, 2.05) is 48.0 Å². The molecule has 5 rings (SSSR count). The molecule has 0 bridgehead atoms. The quantitative estimate of drug-likeness (QED) is 0.253. The van der Waals surface area contributed by atoms with Gasteiger partial charge in [0.05, 0.1) is 22.5 Å². The third kappa shape index (κ3) is 5.03. The van der Waals surface area contributed by atoms with Crippen molar-refractivity contribution < 1.29 is 12.8 Å². The van der Waals surface area contributed by atoms with Crippen molar-refractivity contribution in [3.05, 3.63) is 59.9 Å². The van der Waals surface area contributed by atoms with Crippen LogP contribution in [0.3, 0.4) is 0 Å². The number of hydrogen-bond donors (Lipinski definition) is 0. The van der Waals surface area contributed by atoms with Crippen LogP contribution in [0.1, 0.15) is 24.5 Å². The highest BCUT2D eigenvalue weighted by molar-refractivity contribution is 7.99. The lowest BCUT2D eigenvalue weighted by Crippen LogP contribution is -2.27. The number of rotatable bonds is 8. The first kappa shape index (κ1) is 24.1. The lowest BCUT2D eigenvalue weighted by molar-refractivity contribution is 0.289. The summed E-state index contributed by atoms with van der Waals surface area (Å²) in [6, 6.07) is 13.7. The van der Waals surface area contributed by atoms with Gasteiger partial charge in [-0.05, 0) is 61.2 Å². The van der Waals surface area contributed by atoms with Crippen molar-refractivity contribution >= 4 is 32.6 Å². The zero-order chi connectivity index (χ0) is 24.4. The second-order valence-corrected chi connectivity index (χ2v) is 12.2. The highest BCUT2D eigenvalue weighted by atomic mass is 32.2. The third-order valence-corrected chi connectivity index (χ3v) is 9.56. The molecular weight excluding hydrogens is 480 g/mol. The summed E-state index contributed by atoms with van der Waals surface area (Å²) in [5.41, 5.74) is 4.24. The molecule has 0 fully saturated rings. The smallest absolute Gasteiger partial charge is 0.191 e. The number of para-hydroxylation sites is 1. The number of furan rings is 1. The fourth-order valence-corrected chi connectivity index (χ4v) is 6.39. The Hall–Kier alpha value is -2.62. The predicted octanol–water partition coefficient (Wildman–Crippen LogP) is 4.60. The maximum Gasteiger partial charge on any atom is 0.191 e. The van der Waals surface area contributed by atoms with Crippen LogP contribution in [0.15, 0.2) is 63.2 Å². The zero-order valence-electron chi connectivity index (χ0n) is 20.1. The molecule has 2 aromatic heterocycles. The fraction of sp³-hybridized carbons (Fsp3) is 0.385. The maximum atomic E-state index is 12.3. The van der Waals surface area contributed by atoms with Gasteiger partial charge in [0.15, 0.2) is 20.8 Å². The van der Waals surface area contributed by atoms with E-state index in [0.29, 0.717) is 4.90 Å². The van der Waals surface area contributed by atoms with Crippen LogP contribution in [0, 0.1) is 0 Å². The predicted molar refractivity (Wildman–Crippen MR) is 140 cm³/mol. The Morgan fingerprint density at radius 2 is 1.89 bits per heavy atom. The molecule has 0 atom stereocenters. The van der Waals surface area contributed by atoms with Crippen LogP contribution in [-0.4, -0.2) is 59.2 Å². The van der Waals surface area contributed by atoms with E-state index in [1.54, 1.807) is 31.0 Å². The average Bonchev–Trinajstić information content (AvgIpc) is 3.43. The first-order valence-corrected chi connectivity index (χ1v) is 14.7. The van der Waals surface area contributed by atoms with Crippen LogP contribution < -0.4 is 0 Å². The van der Waals surface area contributed by atoms with Crippen LogP contribution in [0.2, 0.25) is 0 Å². The molecule has 35 heavy (non-hydrogen) atoms. The molecule has 4 aromatic rings. The molecule has 184 valence electrons. The van der Waals surface area contributed by atoms with E-state index in [0.717, 1.165) is 72.2 Å². The Morgan fingerprint density at radius 1 is 1.06 bits per heavy atom. The minimum absolute atomic E-state index is 0.140. The summed E-state index contributed by atoms with van der Waals surface area (Å²) < 4.78 is 32.2. The summed E-state index contributed by atoms with van der Waals surface area (Å²) in [7, 11) is -1.16. The van der Waals surface area contributed by atoms with Crippen LogP contribution in [-0.2, 0) is 29.7 Å². The molecule has 1 aliphatic rings. The Kier molecular flexibility index (Phi) is 7.00. The Balaban J connectivity index is 1.16. The molecule has 7 nitrogen and oxygen atoms in total. The highest BCUT2D eigenvalue weighted by Crippen LogP contribution is 2.30. The van der Waals surface area contributed by atoms with Gasteiger partial charge in [0.25, 0.3) is 0 Å². The van der Waals surface area contributed by atoms with Gasteiger partial charge in [-0.3, -0.25) is 0 Å². The van der Waals surface area contributed by atoms with E-state index < -0.39 is 9.84 Å². The van der Waals surface area contributed by atoms with Gasteiger partial charge >= 0.3 is 0 Å². The van der Waals surface area contributed by atoms with Crippen molar-refractivity contribution in [2.45, 2.75) is 36.2 Å². The lowest BCUT2D eigenvalue weighted by atomic mass is 10.0. The standard InChI is InChI=1S/C26H30N4O3S2/c1-3-35(31,32)22-9-8-19-10-14-30(15-11-21(19)18-22)13-5-17-34-26-28-27-25(29(26)2)23-7-4-6-20-12-16-33-24(20)23/h4,6-9,12,16,18H,3,5,10-11,13-15,17H2,1-2H3. The van der Waals surface area contributed by atoms with Gasteiger partial charge < -0.3 is 13.9 Å². The molecule has 0 spiro atoms. The number of hydrogen-bond acceptors (Lipinski definition) is 7. The molecule has 0 saturated carbocycles.